The lowest BCUT2D eigenvalue weighted by Crippen LogP contribution is -2.34. The molecule has 6 heteroatoms. The summed E-state index contributed by atoms with van der Waals surface area (Å²) in [4.78, 5) is 11.3. The molecule has 5 nitrogen and oxygen atoms in total. The minimum atomic E-state index is -3.51. The van der Waals surface area contributed by atoms with Crippen LogP contribution in [0.2, 0.25) is 0 Å². The number of carbonyl (C=O) groups is 1. The Labute approximate surface area is 114 Å². The lowest BCUT2D eigenvalue weighted by Gasteiger charge is -2.10. The number of carbonyl (C=O) groups excluding carboxylic acids is 1. The van der Waals surface area contributed by atoms with Gasteiger partial charge in [-0.1, -0.05) is 24.6 Å². The number of hydrogen-bond donors (Lipinski definition) is 2. The zero-order valence-corrected chi connectivity index (χ0v) is 12.3. The van der Waals surface area contributed by atoms with Crippen molar-refractivity contribution in [3.63, 3.8) is 0 Å². The van der Waals surface area contributed by atoms with Crippen LogP contribution in [0.5, 0.6) is 0 Å². The van der Waals surface area contributed by atoms with Crippen molar-refractivity contribution in [2.24, 2.45) is 0 Å². The Kier molecular flexibility index (Phi) is 5.50. The number of amides is 1. The first kappa shape index (κ1) is 15.7. The molecule has 106 valence electrons. The van der Waals surface area contributed by atoms with Crippen LogP contribution < -0.4 is 10.0 Å². The number of aryl methyl sites for hydroxylation is 2. The van der Waals surface area contributed by atoms with Gasteiger partial charge in [-0.2, -0.15) is 0 Å². The van der Waals surface area contributed by atoms with Gasteiger partial charge in [0.05, 0.1) is 4.90 Å². The van der Waals surface area contributed by atoms with E-state index < -0.39 is 10.0 Å². The van der Waals surface area contributed by atoms with Crippen molar-refractivity contribution in [1.82, 2.24) is 10.0 Å². The molecule has 2 N–H and O–H groups in total. The first-order chi connectivity index (χ1) is 8.86. The first-order valence-electron chi connectivity index (χ1n) is 6.20. The molecule has 1 aromatic rings. The van der Waals surface area contributed by atoms with Crippen LogP contribution in [-0.4, -0.2) is 27.4 Å². The minimum Gasteiger partial charge on any atom is -0.355 e. The fraction of sp³-hybridized carbons (Fsp3) is 0.462. The van der Waals surface area contributed by atoms with E-state index in [9.17, 15) is 13.2 Å². The van der Waals surface area contributed by atoms with E-state index in [4.69, 9.17) is 0 Å². The molecule has 0 saturated carbocycles. The Morgan fingerprint density at radius 3 is 2.47 bits per heavy atom. The topological polar surface area (TPSA) is 75.3 Å². The maximum atomic E-state index is 12.1. The molecule has 0 unspecified atom stereocenters. The van der Waals surface area contributed by atoms with Gasteiger partial charge in [-0.3, -0.25) is 4.79 Å². The molecule has 1 rings (SSSR count). The molecule has 0 fully saturated rings. The highest BCUT2D eigenvalue weighted by Crippen LogP contribution is 2.15. The van der Waals surface area contributed by atoms with Crippen LogP contribution in [-0.2, 0) is 14.8 Å². The van der Waals surface area contributed by atoms with Crippen molar-refractivity contribution in [2.75, 3.05) is 13.1 Å². The zero-order valence-electron chi connectivity index (χ0n) is 11.5. The quantitative estimate of drug-likeness (QED) is 0.768. The van der Waals surface area contributed by atoms with Gasteiger partial charge in [0.2, 0.25) is 15.9 Å². The molecule has 0 radical (unpaired) electrons. The highest BCUT2D eigenvalue weighted by molar-refractivity contribution is 7.89. The Balaban J connectivity index is 2.63. The fourth-order valence-electron chi connectivity index (χ4n) is 1.69. The van der Waals surface area contributed by atoms with E-state index >= 15 is 0 Å². The molecule has 0 aliphatic heterocycles. The summed E-state index contributed by atoms with van der Waals surface area (Å²) in [5.74, 6) is -0.0919. The van der Waals surface area contributed by atoms with Crippen molar-refractivity contribution < 1.29 is 13.2 Å². The van der Waals surface area contributed by atoms with Crippen LogP contribution in [0.15, 0.2) is 23.1 Å². The summed E-state index contributed by atoms with van der Waals surface area (Å²) in [5, 5.41) is 2.61. The van der Waals surface area contributed by atoms with Gasteiger partial charge in [0, 0.05) is 19.5 Å². The van der Waals surface area contributed by atoms with E-state index in [0.717, 1.165) is 5.56 Å². The molecule has 0 aromatic heterocycles. The molecule has 0 bridgehead atoms. The van der Waals surface area contributed by atoms with Crippen LogP contribution in [0.3, 0.4) is 0 Å². The third-order valence-electron chi connectivity index (χ3n) is 2.68. The van der Waals surface area contributed by atoms with E-state index in [-0.39, 0.29) is 23.9 Å². The lowest BCUT2D eigenvalue weighted by molar-refractivity contribution is -0.120. The molecule has 1 amide bonds. The third-order valence-corrected chi connectivity index (χ3v) is 4.30. The fourth-order valence-corrected chi connectivity index (χ4v) is 2.95. The van der Waals surface area contributed by atoms with Gasteiger partial charge < -0.3 is 5.32 Å². The second kappa shape index (κ2) is 6.68. The molecule has 1 aromatic carbocycles. The minimum absolute atomic E-state index is 0.0919. The van der Waals surface area contributed by atoms with Gasteiger partial charge in [-0.25, -0.2) is 13.1 Å². The van der Waals surface area contributed by atoms with E-state index in [1.54, 1.807) is 26.0 Å². The second-order valence-electron chi connectivity index (χ2n) is 4.37. The van der Waals surface area contributed by atoms with E-state index in [1.165, 1.54) is 0 Å². The molecule has 0 heterocycles. The summed E-state index contributed by atoms with van der Waals surface area (Å²) >= 11 is 0. The van der Waals surface area contributed by atoms with Gasteiger partial charge in [0.25, 0.3) is 0 Å². The Morgan fingerprint density at radius 1 is 1.21 bits per heavy atom. The van der Waals surface area contributed by atoms with Crippen molar-refractivity contribution >= 4 is 15.9 Å². The number of sulfonamides is 1. The van der Waals surface area contributed by atoms with E-state index in [2.05, 4.69) is 10.0 Å². The summed E-state index contributed by atoms with van der Waals surface area (Å²) in [6, 6.07) is 5.19. The number of nitrogens with one attached hydrogen (secondary N) is 2. The monoisotopic (exact) mass is 284 g/mol. The van der Waals surface area contributed by atoms with Crippen molar-refractivity contribution in [3.05, 3.63) is 29.3 Å². The number of rotatable bonds is 6. The van der Waals surface area contributed by atoms with Gasteiger partial charge in [-0.15, -0.1) is 0 Å². The van der Waals surface area contributed by atoms with Crippen molar-refractivity contribution in [3.8, 4) is 0 Å². The van der Waals surface area contributed by atoms with Crippen molar-refractivity contribution in [1.29, 1.82) is 0 Å². The summed E-state index contributed by atoms with van der Waals surface area (Å²) in [6.07, 6.45) is 0.393. The molecule has 0 saturated heterocycles. The van der Waals surface area contributed by atoms with Crippen LogP contribution in [0.4, 0.5) is 0 Å². The summed E-state index contributed by atoms with van der Waals surface area (Å²) in [5.41, 5.74) is 1.73. The highest BCUT2D eigenvalue weighted by Gasteiger charge is 2.15. The molecular weight excluding hydrogens is 264 g/mol. The van der Waals surface area contributed by atoms with Crippen LogP contribution in [0, 0.1) is 13.8 Å². The molecule has 0 aliphatic rings. The zero-order chi connectivity index (χ0) is 14.5. The predicted octanol–water partition coefficient (Wildman–Crippen LogP) is 1.11. The molecular formula is C13H20N2O3S. The molecule has 0 spiro atoms. The van der Waals surface area contributed by atoms with Crippen LogP contribution in [0.1, 0.15) is 24.5 Å². The molecule has 19 heavy (non-hydrogen) atoms. The van der Waals surface area contributed by atoms with Crippen LogP contribution >= 0.6 is 0 Å². The number of hydrogen-bond acceptors (Lipinski definition) is 3. The summed E-state index contributed by atoms with van der Waals surface area (Å²) in [7, 11) is -3.51. The Hall–Kier alpha value is -1.40. The van der Waals surface area contributed by atoms with E-state index in [1.807, 2.05) is 13.0 Å². The average Bonchev–Trinajstić information content (AvgIpc) is 2.33. The Morgan fingerprint density at radius 2 is 1.89 bits per heavy atom. The largest absolute Gasteiger partial charge is 0.355 e. The Bertz CT molecular complexity index is 553. The van der Waals surface area contributed by atoms with Gasteiger partial charge in [-0.05, 0) is 25.5 Å². The second-order valence-corrected chi connectivity index (χ2v) is 6.11. The lowest BCUT2D eigenvalue weighted by atomic mass is 10.2. The van der Waals surface area contributed by atoms with Gasteiger partial charge in [0.15, 0.2) is 0 Å². The normalized spacial score (nSPS) is 11.3. The summed E-state index contributed by atoms with van der Waals surface area (Å²) < 4.78 is 26.6. The third kappa shape index (κ3) is 4.65. The standard InChI is InChI=1S/C13H20N2O3S/c1-4-13(16)14-7-8-15-19(17,18)12-6-5-10(2)9-11(12)3/h5-6,9,15H,4,7-8H2,1-3H3,(H,14,16). The average molecular weight is 284 g/mol. The smallest absolute Gasteiger partial charge is 0.240 e. The maximum absolute atomic E-state index is 12.1. The first-order valence-corrected chi connectivity index (χ1v) is 7.68. The van der Waals surface area contributed by atoms with Crippen molar-refractivity contribution in [2.45, 2.75) is 32.1 Å². The molecule has 0 aliphatic carbocycles. The van der Waals surface area contributed by atoms with E-state index in [0.29, 0.717) is 12.0 Å². The maximum Gasteiger partial charge on any atom is 0.240 e. The summed E-state index contributed by atoms with van der Waals surface area (Å²) in [6.45, 7) is 5.89. The number of benzene rings is 1. The van der Waals surface area contributed by atoms with Gasteiger partial charge >= 0.3 is 0 Å². The molecule has 0 atom stereocenters. The predicted molar refractivity (Wildman–Crippen MR) is 74.4 cm³/mol. The highest BCUT2D eigenvalue weighted by atomic mass is 32.2. The van der Waals surface area contributed by atoms with Gasteiger partial charge in [0.1, 0.15) is 0 Å². The SMILES string of the molecule is CCC(=O)NCCNS(=O)(=O)c1ccc(C)cc1C. The van der Waals surface area contributed by atoms with Crippen LogP contribution in [0.25, 0.3) is 0 Å².